The van der Waals surface area contributed by atoms with Gasteiger partial charge in [-0.25, -0.2) is 0 Å². The van der Waals surface area contributed by atoms with Gasteiger partial charge in [-0.2, -0.15) is 0 Å². The lowest BCUT2D eigenvalue weighted by molar-refractivity contribution is 0.251. The number of nitrogens with zero attached hydrogens (tertiary/aromatic N) is 1. The number of unbranched alkanes of at least 4 members (excludes halogenated alkanes) is 6. The molecular formula is C15H33N. The molecule has 0 aromatic carbocycles. The molecule has 16 heavy (non-hydrogen) atoms. The van der Waals surface area contributed by atoms with Crippen molar-refractivity contribution < 1.29 is 0 Å². The van der Waals surface area contributed by atoms with Crippen LogP contribution >= 0.6 is 0 Å². The van der Waals surface area contributed by atoms with Crippen LogP contribution in [-0.2, 0) is 0 Å². The first-order chi connectivity index (χ1) is 7.72. The summed E-state index contributed by atoms with van der Waals surface area (Å²) in [4.78, 5) is 2.43. The summed E-state index contributed by atoms with van der Waals surface area (Å²) in [6, 6.07) is 0.828. The van der Waals surface area contributed by atoms with E-state index >= 15 is 0 Å². The van der Waals surface area contributed by atoms with Crippen LogP contribution in [0.3, 0.4) is 0 Å². The maximum absolute atomic E-state index is 2.43. The molecular weight excluding hydrogens is 194 g/mol. The van der Waals surface area contributed by atoms with E-state index in [1.165, 1.54) is 64.2 Å². The van der Waals surface area contributed by atoms with Crippen LogP contribution in [0.1, 0.15) is 78.1 Å². The van der Waals surface area contributed by atoms with Crippen LogP contribution in [0.4, 0.5) is 0 Å². The van der Waals surface area contributed by atoms with Crippen molar-refractivity contribution >= 4 is 0 Å². The van der Waals surface area contributed by atoms with Crippen molar-refractivity contribution in [1.82, 2.24) is 4.90 Å². The topological polar surface area (TPSA) is 3.24 Å². The Kier molecular flexibility index (Phi) is 11.4. The molecule has 0 aliphatic rings. The molecule has 1 heteroatoms. The predicted molar refractivity (Wildman–Crippen MR) is 75.0 cm³/mol. The lowest BCUT2D eigenvalue weighted by atomic mass is 10.0. The van der Waals surface area contributed by atoms with E-state index in [1.807, 2.05) is 0 Å². The number of hydrogen-bond donors (Lipinski definition) is 0. The fourth-order valence-electron chi connectivity index (χ4n) is 2.27. The average molecular weight is 227 g/mol. The van der Waals surface area contributed by atoms with E-state index in [2.05, 4.69) is 32.8 Å². The normalized spacial score (nSPS) is 11.6. The molecule has 0 saturated heterocycles. The molecule has 0 spiro atoms. The van der Waals surface area contributed by atoms with Crippen molar-refractivity contribution in [2.45, 2.75) is 84.1 Å². The van der Waals surface area contributed by atoms with Gasteiger partial charge in [0.05, 0.1) is 0 Å². The Morgan fingerprint density at radius 3 is 1.44 bits per heavy atom. The van der Waals surface area contributed by atoms with Crippen LogP contribution in [-0.4, -0.2) is 25.0 Å². The van der Waals surface area contributed by atoms with Gasteiger partial charge in [-0.3, -0.25) is 0 Å². The average Bonchev–Trinajstić information content (AvgIpc) is 2.26. The molecule has 0 heterocycles. The summed E-state index contributed by atoms with van der Waals surface area (Å²) in [7, 11) is 4.48. The van der Waals surface area contributed by atoms with E-state index in [1.54, 1.807) is 0 Å². The quantitative estimate of drug-likeness (QED) is 0.456. The Hall–Kier alpha value is -0.0400. The minimum Gasteiger partial charge on any atom is -0.306 e. The maximum Gasteiger partial charge on any atom is 0.00891 e. The molecule has 0 bridgehead atoms. The summed E-state index contributed by atoms with van der Waals surface area (Å²) in [6.07, 6.45) is 14.0. The lowest BCUT2D eigenvalue weighted by Crippen LogP contribution is -2.27. The van der Waals surface area contributed by atoms with Gasteiger partial charge < -0.3 is 4.90 Å². The van der Waals surface area contributed by atoms with Gasteiger partial charge in [-0.1, -0.05) is 65.2 Å². The van der Waals surface area contributed by atoms with Crippen LogP contribution in [0.5, 0.6) is 0 Å². The molecule has 0 fully saturated rings. The van der Waals surface area contributed by atoms with Crippen LogP contribution in [0.15, 0.2) is 0 Å². The highest BCUT2D eigenvalue weighted by molar-refractivity contribution is 4.66. The van der Waals surface area contributed by atoms with Gasteiger partial charge in [-0.15, -0.1) is 0 Å². The van der Waals surface area contributed by atoms with E-state index in [4.69, 9.17) is 0 Å². The van der Waals surface area contributed by atoms with Gasteiger partial charge >= 0.3 is 0 Å². The zero-order chi connectivity index (χ0) is 12.2. The second-order valence-electron chi connectivity index (χ2n) is 5.32. The SMILES string of the molecule is CCCCCCC(CCCCCC)N(C)C. The monoisotopic (exact) mass is 227 g/mol. The maximum atomic E-state index is 2.43. The Morgan fingerprint density at radius 2 is 1.12 bits per heavy atom. The van der Waals surface area contributed by atoms with Crippen molar-refractivity contribution in [1.29, 1.82) is 0 Å². The van der Waals surface area contributed by atoms with E-state index in [-0.39, 0.29) is 0 Å². The third-order valence-corrected chi connectivity index (χ3v) is 3.51. The molecule has 0 radical (unpaired) electrons. The van der Waals surface area contributed by atoms with Gasteiger partial charge in [0.25, 0.3) is 0 Å². The fraction of sp³-hybridized carbons (Fsp3) is 1.00. The van der Waals surface area contributed by atoms with Crippen molar-refractivity contribution in [3.63, 3.8) is 0 Å². The standard InChI is InChI=1S/C15H33N/c1-5-7-9-11-13-15(16(3)4)14-12-10-8-6-2/h15H,5-14H2,1-4H3. The van der Waals surface area contributed by atoms with Gasteiger partial charge in [0, 0.05) is 6.04 Å². The highest BCUT2D eigenvalue weighted by Gasteiger charge is 2.10. The number of hydrogen-bond acceptors (Lipinski definition) is 1. The van der Waals surface area contributed by atoms with Crippen molar-refractivity contribution in [3.05, 3.63) is 0 Å². The summed E-state index contributed by atoms with van der Waals surface area (Å²) in [6.45, 7) is 4.57. The molecule has 0 N–H and O–H groups in total. The molecule has 0 unspecified atom stereocenters. The molecule has 0 rings (SSSR count). The minimum absolute atomic E-state index is 0.828. The Morgan fingerprint density at radius 1 is 0.688 bits per heavy atom. The molecule has 1 nitrogen and oxygen atoms in total. The molecule has 0 aromatic heterocycles. The van der Waals surface area contributed by atoms with Crippen LogP contribution in [0.2, 0.25) is 0 Å². The van der Waals surface area contributed by atoms with Crippen LogP contribution in [0, 0.1) is 0 Å². The van der Waals surface area contributed by atoms with Gasteiger partial charge in [0.1, 0.15) is 0 Å². The smallest absolute Gasteiger partial charge is 0.00891 e. The largest absolute Gasteiger partial charge is 0.306 e. The van der Waals surface area contributed by atoms with E-state index in [9.17, 15) is 0 Å². The Balaban J connectivity index is 3.54. The summed E-state index contributed by atoms with van der Waals surface area (Å²) < 4.78 is 0. The molecule has 0 saturated carbocycles. The molecule has 0 aliphatic heterocycles. The second-order valence-corrected chi connectivity index (χ2v) is 5.32. The third kappa shape index (κ3) is 9.21. The van der Waals surface area contributed by atoms with Gasteiger partial charge in [0.15, 0.2) is 0 Å². The highest BCUT2D eigenvalue weighted by atomic mass is 15.1. The molecule has 98 valence electrons. The summed E-state index contributed by atoms with van der Waals surface area (Å²) in [5.74, 6) is 0. The van der Waals surface area contributed by atoms with Crippen molar-refractivity contribution in [2.24, 2.45) is 0 Å². The highest BCUT2D eigenvalue weighted by Crippen LogP contribution is 2.15. The molecule has 0 atom stereocenters. The fourth-order valence-corrected chi connectivity index (χ4v) is 2.27. The Labute approximate surface area is 104 Å². The zero-order valence-electron chi connectivity index (χ0n) is 12.1. The first kappa shape index (κ1) is 16.0. The Bertz CT molecular complexity index is 119. The first-order valence-electron chi connectivity index (χ1n) is 7.38. The minimum atomic E-state index is 0.828. The van der Waals surface area contributed by atoms with Gasteiger partial charge in [0.2, 0.25) is 0 Å². The van der Waals surface area contributed by atoms with Crippen LogP contribution < -0.4 is 0 Å². The molecule has 0 aromatic rings. The third-order valence-electron chi connectivity index (χ3n) is 3.51. The van der Waals surface area contributed by atoms with Crippen LogP contribution in [0.25, 0.3) is 0 Å². The van der Waals surface area contributed by atoms with Gasteiger partial charge in [-0.05, 0) is 26.9 Å². The lowest BCUT2D eigenvalue weighted by Gasteiger charge is -2.24. The van der Waals surface area contributed by atoms with Crippen molar-refractivity contribution in [2.75, 3.05) is 14.1 Å². The zero-order valence-corrected chi connectivity index (χ0v) is 12.1. The first-order valence-corrected chi connectivity index (χ1v) is 7.38. The summed E-state index contributed by atoms with van der Waals surface area (Å²) >= 11 is 0. The summed E-state index contributed by atoms with van der Waals surface area (Å²) in [5.41, 5.74) is 0. The van der Waals surface area contributed by atoms with Crippen molar-refractivity contribution in [3.8, 4) is 0 Å². The van der Waals surface area contributed by atoms with E-state index in [0.29, 0.717) is 0 Å². The molecule has 0 amide bonds. The summed E-state index contributed by atoms with van der Waals surface area (Å²) in [5, 5.41) is 0. The van der Waals surface area contributed by atoms with E-state index in [0.717, 1.165) is 6.04 Å². The second kappa shape index (κ2) is 11.4. The number of rotatable bonds is 11. The predicted octanol–water partition coefficient (Wildman–Crippen LogP) is 4.86. The van der Waals surface area contributed by atoms with E-state index < -0.39 is 0 Å². The molecule has 0 aliphatic carbocycles.